The summed E-state index contributed by atoms with van der Waals surface area (Å²) in [6.07, 6.45) is -1.12. The van der Waals surface area contributed by atoms with Crippen LogP contribution in [0.1, 0.15) is 21.5 Å². The minimum Gasteiger partial charge on any atom is -1.00 e. The van der Waals surface area contributed by atoms with Crippen LogP contribution in [-0.2, 0) is 12.7 Å². The number of benzene rings is 3. The highest BCUT2D eigenvalue weighted by molar-refractivity contribution is 6.00. The third-order valence-electron chi connectivity index (χ3n) is 5.36. The summed E-state index contributed by atoms with van der Waals surface area (Å²) in [5, 5.41) is 4.90. The molecule has 0 saturated heterocycles. The van der Waals surface area contributed by atoms with Gasteiger partial charge < -0.3 is 27.6 Å². The maximum Gasteiger partial charge on any atom is 0.416 e. The van der Waals surface area contributed by atoms with E-state index in [0.29, 0.717) is 11.3 Å². The molecule has 0 unspecified atom stereocenters. The summed E-state index contributed by atoms with van der Waals surface area (Å²) in [4.78, 5) is 29.2. The van der Waals surface area contributed by atoms with E-state index in [4.69, 9.17) is 0 Å². The number of aryl methyl sites for hydroxylation is 1. The van der Waals surface area contributed by atoms with E-state index in [1.807, 2.05) is 37.3 Å². The first-order valence-corrected chi connectivity index (χ1v) is 11.0. The van der Waals surface area contributed by atoms with E-state index < -0.39 is 17.8 Å². The van der Waals surface area contributed by atoms with Gasteiger partial charge in [-0.3, -0.25) is 4.79 Å². The molecule has 2 amide bonds. The van der Waals surface area contributed by atoms with Crippen LogP contribution in [0.3, 0.4) is 0 Å². The van der Waals surface area contributed by atoms with Crippen LogP contribution in [0, 0.1) is 6.92 Å². The van der Waals surface area contributed by atoms with E-state index in [1.165, 1.54) is 12.1 Å². The second-order valence-corrected chi connectivity index (χ2v) is 8.14. The van der Waals surface area contributed by atoms with Crippen LogP contribution >= 0.6 is 0 Å². The van der Waals surface area contributed by atoms with E-state index in [9.17, 15) is 22.8 Å². The molecule has 37 heavy (non-hydrogen) atoms. The first kappa shape index (κ1) is 27.5. The molecule has 1 aromatic heterocycles. The molecule has 0 aliphatic heterocycles. The van der Waals surface area contributed by atoms with E-state index in [1.54, 1.807) is 41.4 Å². The van der Waals surface area contributed by atoms with Gasteiger partial charge in [0.2, 0.25) is 5.78 Å². The molecule has 3 aromatic carbocycles. The number of amides is 2. The van der Waals surface area contributed by atoms with Crippen molar-refractivity contribution in [3.63, 3.8) is 0 Å². The van der Waals surface area contributed by atoms with Gasteiger partial charge in [0.15, 0.2) is 12.2 Å². The lowest BCUT2D eigenvalue weighted by atomic mass is 10.1. The lowest BCUT2D eigenvalue weighted by molar-refractivity contribution is -0.686. The number of hydrogen-bond acceptors (Lipinski definition) is 3. The third-order valence-corrected chi connectivity index (χ3v) is 5.36. The number of carbonyl (C=O) groups excluding carboxylic acids is 2. The average Bonchev–Trinajstić information content (AvgIpc) is 2.85. The van der Waals surface area contributed by atoms with Gasteiger partial charge in [0.1, 0.15) is 0 Å². The molecule has 6 nitrogen and oxygen atoms in total. The predicted octanol–water partition coefficient (Wildman–Crippen LogP) is 2.89. The molecule has 0 bridgehead atoms. The Morgan fingerprint density at radius 3 is 2.19 bits per heavy atom. The number of hydrogen-bond donors (Lipinski definition) is 2. The number of nitrogens with zero attached hydrogens (tertiary/aromatic N) is 2. The summed E-state index contributed by atoms with van der Waals surface area (Å²) < 4.78 is 40.2. The normalized spacial score (nSPS) is 10.8. The molecule has 4 rings (SSSR count). The standard InChI is InChI=1S/C27H21F3N4O2.BrH/c1-18-5-7-19(8-6-18)24-13-14-34(17-31-24)16-25(35)20-9-11-22(12-10-20)32-26(36)33-23-4-2-3-21(15-23)27(28,29)30;/h2-15,17H,16H2,1H3,(H-,32,33,35,36);1H. The minimum atomic E-state index is -4.51. The molecular weight excluding hydrogens is 549 g/mol. The highest BCUT2D eigenvalue weighted by Crippen LogP contribution is 2.30. The topological polar surface area (TPSA) is 75.0 Å². The van der Waals surface area contributed by atoms with E-state index >= 15 is 0 Å². The Labute approximate surface area is 222 Å². The molecule has 0 spiro atoms. The number of alkyl halides is 3. The highest BCUT2D eigenvalue weighted by Gasteiger charge is 2.30. The molecule has 2 N–H and O–H groups in total. The Morgan fingerprint density at radius 2 is 1.57 bits per heavy atom. The molecule has 190 valence electrons. The fraction of sp³-hybridized carbons (Fsp3) is 0.111. The summed E-state index contributed by atoms with van der Waals surface area (Å²) >= 11 is 0. The number of aromatic nitrogens is 2. The summed E-state index contributed by atoms with van der Waals surface area (Å²) in [6.45, 7) is 2.10. The van der Waals surface area contributed by atoms with Crippen LogP contribution < -0.4 is 32.2 Å². The zero-order valence-corrected chi connectivity index (χ0v) is 21.2. The van der Waals surface area contributed by atoms with Crippen molar-refractivity contribution in [1.29, 1.82) is 0 Å². The van der Waals surface area contributed by atoms with Crippen LogP contribution in [0.25, 0.3) is 11.3 Å². The lowest BCUT2D eigenvalue weighted by Crippen LogP contribution is -3.00. The number of anilines is 2. The molecule has 10 heteroatoms. The van der Waals surface area contributed by atoms with Gasteiger partial charge in [0.25, 0.3) is 6.33 Å². The highest BCUT2D eigenvalue weighted by atomic mass is 79.9. The van der Waals surface area contributed by atoms with E-state index in [-0.39, 0.29) is 35.0 Å². The lowest BCUT2D eigenvalue weighted by Gasteiger charge is -2.11. The van der Waals surface area contributed by atoms with Crippen LogP contribution in [0.2, 0.25) is 0 Å². The van der Waals surface area contributed by atoms with Crippen molar-refractivity contribution in [2.75, 3.05) is 10.6 Å². The van der Waals surface area contributed by atoms with Crippen molar-refractivity contribution in [1.82, 2.24) is 4.98 Å². The van der Waals surface area contributed by atoms with E-state index in [2.05, 4.69) is 15.6 Å². The zero-order chi connectivity index (χ0) is 25.7. The molecule has 4 aromatic rings. The summed E-state index contributed by atoms with van der Waals surface area (Å²) in [5.74, 6) is -0.148. The molecular formula is C27H22BrF3N4O2. The Balaban J connectivity index is 0.00000380. The molecule has 0 aliphatic carbocycles. The van der Waals surface area contributed by atoms with Crippen LogP contribution in [0.5, 0.6) is 0 Å². The van der Waals surface area contributed by atoms with Crippen molar-refractivity contribution in [2.24, 2.45) is 0 Å². The van der Waals surface area contributed by atoms with Crippen molar-refractivity contribution in [2.45, 2.75) is 19.6 Å². The SMILES string of the molecule is Cc1ccc(-c2cc[n+](CC(=O)c3ccc(NC(=O)Nc4cccc(C(F)(F)F)c4)cc3)cn2)cc1.[Br-]. The summed E-state index contributed by atoms with van der Waals surface area (Å²) in [6, 6.07) is 19.7. The fourth-order valence-corrected chi connectivity index (χ4v) is 3.44. The predicted molar refractivity (Wildman–Crippen MR) is 129 cm³/mol. The largest absolute Gasteiger partial charge is 1.00 e. The summed E-state index contributed by atoms with van der Waals surface area (Å²) in [7, 11) is 0. The number of nitrogens with one attached hydrogen (secondary N) is 2. The van der Waals surface area contributed by atoms with Crippen molar-refractivity contribution in [3.05, 3.63) is 108 Å². The first-order valence-electron chi connectivity index (χ1n) is 11.0. The number of rotatable bonds is 6. The van der Waals surface area contributed by atoms with Crippen molar-refractivity contribution in [3.8, 4) is 11.3 Å². The number of Topliss-reactive ketones (excluding diaryl/α,β-unsaturated/α-hetero) is 1. The molecule has 1 heterocycles. The number of halogens is 4. The van der Waals surface area contributed by atoms with Gasteiger partial charge in [-0.15, -0.1) is 0 Å². The van der Waals surface area contributed by atoms with Crippen LogP contribution in [0.4, 0.5) is 29.3 Å². The molecule has 0 atom stereocenters. The number of ketones is 1. The molecule has 0 fully saturated rings. The van der Waals surface area contributed by atoms with Gasteiger partial charge in [-0.1, -0.05) is 35.9 Å². The first-order chi connectivity index (χ1) is 17.2. The van der Waals surface area contributed by atoms with E-state index in [0.717, 1.165) is 29.0 Å². The summed E-state index contributed by atoms with van der Waals surface area (Å²) in [5.41, 5.74) is 2.92. The molecule has 0 radical (unpaired) electrons. The van der Waals surface area contributed by atoms with Crippen LogP contribution in [0.15, 0.2) is 91.4 Å². The van der Waals surface area contributed by atoms with Gasteiger partial charge in [-0.05, 0) is 54.4 Å². The molecule has 0 saturated carbocycles. The quantitative estimate of drug-likeness (QED) is 0.276. The van der Waals surface area contributed by atoms with Gasteiger partial charge in [0.05, 0.1) is 11.8 Å². The monoisotopic (exact) mass is 570 g/mol. The van der Waals surface area contributed by atoms with Crippen molar-refractivity contribution >= 4 is 23.2 Å². The van der Waals surface area contributed by atoms with Gasteiger partial charge in [0, 0.05) is 28.6 Å². The maximum atomic E-state index is 12.8. The smallest absolute Gasteiger partial charge is 0.416 e. The average molecular weight is 571 g/mol. The van der Waals surface area contributed by atoms with Crippen LogP contribution in [-0.4, -0.2) is 16.8 Å². The number of urea groups is 1. The second kappa shape index (κ2) is 11.8. The van der Waals surface area contributed by atoms with Gasteiger partial charge in [-0.2, -0.15) is 13.2 Å². The molecule has 0 aliphatic rings. The Kier molecular flexibility index (Phi) is 8.77. The Hall–Kier alpha value is -4.05. The number of carbonyl (C=O) groups is 2. The zero-order valence-electron chi connectivity index (χ0n) is 19.6. The Morgan fingerprint density at radius 1 is 0.892 bits per heavy atom. The third kappa shape index (κ3) is 7.47. The fourth-order valence-electron chi connectivity index (χ4n) is 3.44. The van der Waals surface area contributed by atoms with Crippen molar-refractivity contribution < 1.29 is 44.3 Å². The second-order valence-electron chi connectivity index (χ2n) is 8.14. The van der Waals surface area contributed by atoms with Gasteiger partial charge >= 0.3 is 12.2 Å². The maximum absolute atomic E-state index is 12.8. The minimum absolute atomic E-state index is 0. The van der Waals surface area contributed by atoms with Gasteiger partial charge in [-0.25, -0.2) is 9.36 Å². The Bertz CT molecular complexity index is 1370.